The third kappa shape index (κ3) is 4.45. The van der Waals surface area contributed by atoms with Gasteiger partial charge in [0.25, 0.3) is 0 Å². The molecule has 0 radical (unpaired) electrons. The zero-order chi connectivity index (χ0) is 27.1. The number of hydrogen-bond donors (Lipinski definition) is 2. The second-order valence-electron chi connectivity index (χ2n) is 9.42. The van der Waals surface area contributed by atoms with Gasteiger partial charge in [0.15, 0.2) is 17.1 Å². The first-order chi connectivity index (χ1) is 19.6. The molecule has 3 N–H and O–H groups in total. The molecule has 1 saturated heterocycles. The molecule has 1 fully saturated rings. The molecular weight excluding hydrogens is 519 g/mol. The second kappa shape index (κ2) is 9.92. The van der Waals surface area contributed by atoms with Crippen molar-refractivity contribution in [1.82, 2.24) is 49.7 Å². The predicted octanol–water partition coefficient (Wildman–Crippen LogP) is 1.97. The molecular formula is C25H25FN12O2. The second-order valence-corrected chi connectivity index (χ2v) is 9.42. The number of furan rings is 1. The predicted molar refractivity (Wildman–Crippen MR) is 142 cm³/mol. The number of benzene rings is 1. The number of rotatable bonds is 8. The Morgan fingerprint density at radius 1 is 1.05 bits per heavy atom. The quantitative estimate of drug-likeness (QED) is 0.289. The van der Waals surface area contributed by atoms with Gasteiger partial charge >= 0.3 is 0 Å². The standard InChI is InChI=1S/C25H25FN12O2/c26-19-12-17(40-15-16-13-28-34-32-16)3-4-20(19)36-8-5-35(6-9-36)7-10-37-23-18(14-29-37)24-30-22(21-2-1-11-39-21)33-38(24)25(27)31-23/h1-4,11-14H,5-10,15H2,(H2,27,31)(H,28,32,34). The van der Waals surface area contributed by atoms with Crippen molar-refractivity contribution in [2.24, 2.45) is 0 Å². The summed E-state index contributed by atoms with van der Waals surface area (Å²) < 4.78 is 29.3. The molecule has 0 amide bonds. The van der Waals surface area contributed by atoms with E-state index in [4.69, 9.17) is 14.9 Å². The minimum atomic E-state index is -0.312. The molecule has 0 aliphatic carbocycles. The maximum absolute atomic E-state index is 14.9. The summed E-state index contributed by atoms with van der Waals surface area (Å²) in [5.41, 5.74) is 8.64. The maximum atomic E-state index is 14.9. The molecule has 6 aromatic rings. The van der Waals surface area contributed by atoms with Crippen molar-refractivity contribution in [3.05, 3.63) is 60.5 Å². The number of H-pyrrole nitrogens is 1. The molecule has 5 aromatic heterocycles. The first kappa shape index (κ1) is 24.0. The van der Waals surface area contributed by atoms with E-state index in [1.807, 2.05) is 4.68 Å². The minimum absolute atomic E-state index is 0.220. The van der Waals surface area contributed by atoms with Gasteiger partial charge in [0.2, 0.25) is 11.8 Å². The number of nitrogens with zero attached hydrogens (tertiary/aromatic N) is 10. The van der Waals surface area contributed by atoms with Crippen LogP contribution in [0.5, 0.6) is 5.75 Å². The normalized spacial score (nSPS) is 14.5. The summed E-state index contributed by atoms with van der Waals surface area (Å²) in [6.45, 7) is 4.60. The highest BCUT2D eigenvalue weighted by Gasteiger charge is 2.21. The summed E-state index contributed by atoms with van der Waals surface area (Å²) in [7, 11) is 0. The van der Waals surface area contributed by atoms with E-state index in [2.05, 4.69) is 45.4 Å². The molecule has 1 aliphatic rings. The van der Waals surface area contributed by atoms with Crippen LogP contribution in [0, 0.1) is 5.82 Å². The number of anilines is 2. The van der Waals surface area contributed by atoms with Gasteiger partial charge < -0.3 is 19.8 Å². The Labute approximate surface area is 226 Å². The Balaban J connectivity index is 0.984. The van der Waals surface area contributed by atoms with Crippen LogP contribution in [0.4, 0.5) is 16.0 Å². The van der Waals surface area contributed by atoms with Gasteiger partial charge in [-0.05, 0) is 24.3 Å². The number of nitrogens with one attached hydrogen (secondary N) is 1. The fourth-order valence-electron chi connectivity index (χ4n) is 4.86. The van der Waals surface area contributed by atoms with Crippen molar-refractivity contribution in [2.45, 2.75) is 13.2 Å². The van der Waals surface area contributed by atoms with Crippen molar-refractivity contribution in [2.75, 3.05) is 43.4 Å². The van der Waals surface area contributed by atoms with E-state index in [1.165, 1.54) is 10.6 Å². The van der Waals surface area contributed by atoms with Gasteiger partial charge in [0.05, 0.1) is 36.3 Å². The molecule has 15 heteroatoms. The molecule has 7 rings (SSSR count). The summed E-state index contributed by atoms with van der Waals surface area (Å²) in [5, 5.41) is 19.9. The first-order valence-electron chi connectivity index (χ1n) is 12.8. The molecule has 0 unspecified atom stereocenters. The Hall–Kier alpha value is -5.05. The fraction of sp³-hybridized carbons (Fsp3) is 0.280. The number of hydrogen-bond acceptors (Lipinski definition) is 11. The van der Waals surface area contributed by atoms with Crippen LogP contribution in [-0.4, -0.2) is 82.4 Å². The number of nitrogens with two attached hydrogens (primary N) is 1. The number of ether oxygens (including phenoxy) is 1. The van der Waals surface area contributed by atoms with Crippen LogP contribution in [0.1, 0.15) is 5.69 Å². The highest BCUT2D eigenvalue weighted by molar-refractivity contribution is 5.90. The number of halogens is 1. The van der Waals surface area contributed by atoms with Gasteiger partial charge in [-0.2, -0.15) is 30.0 Å². The lowest BCUT2D eigenvalue weighted by atomic mass is 10.2. The fourth-order valence-corrected chi connectivity index (χ4v) is 4.86. The number of fused-ring (bicyclic) bond motifs is 3. The SMILES string of the molecule is Nc1nc2c(cnn2CCN2CCN(c3ccc(OCc4cn[nH]n4)cc3F)CC2)c2nc(-c3ccco3)nn12. The van der Waals surface area contributed by atoms with Gasteiger partial charge in [0, 0.05) is 38.8 Å². The van der Waals surface area contributed by atoms with E-state index >= 15 is 0 Å². The lowest BCUT2D eigenvalue weighted by Gasteiger charge is -2.36. The summed E-state index contributed by atoms with van der Waals surface area (Å²) in [6, 6.07) is 8.51. The van der Waals surface area contributed by atoms with Gasteiger partial charge in [-0.1, -0.05) is 0 Å². The van der Waals surface area contributed by atoms with Crippen LogP contribution in [-0.2, 0) is 13.2 Å². The third-order valence-electron chi connectivity index (χ3n) is 6.95. The van der Waals surface area contributed by atoms with Gasteiger partial charge in [-0.3, -0.25) is 4.90 Å². The van der Waals surface area contributed by atoms with E-state index < -0.39 is 0 Å². The molecule has 14 nitrogen and oxygen atoms in total. The highest BCUT2D eigenvalue weighted by atomic mass is 19.1. The molecule has 0 spiro atoms. The van der Waals surface area contributed by atoms with E-state index in [0.29, 0.717) is 59.6 Å². The molecule has 1 aliphatic heterocycles. The first-order valence-corrected chi connectivity index (χ1v) is 12.8. The molecule has 1 aromatic carbocycles. The monoisotopic (exact) mass is 544 g/mol. The molecule has 40 heavy (non-hydrogen) atoms. The van der Waals surface area contributed by atoms with Crippen LogP contribution in [0.3, 0.4) is 0 Å². The Morgan fingerprint density at radius 2 is 1.95 bits per heavy atom. The van der Waals surface area contributed by atoms with Crippen LogP contribution in [0.2, 0.25) is 0 Å². The van der Waals surface area contributed by atoms with E-state index in [9.17, 15) is 4.39 Å². The van der Waals surface area contributed by atoms with Crippen molar-refractivity contribution in [3.63, 3.8) is 0 Å². The van der Waals surface area contributed by atoms with E-state index in [-0.39, 0.29) is 18.4 Å². The number of nitrogen functional groups attached to an aromatic ring is 1. The van der Waals surface area contributed by atoms with E-state index in [1.54, 1.807) is 42.9 Å². The molecule has 0 bridgehead atoms. The number of piperazine rings is 1. The summed E-state index contributed by atoms with van der Waals surface area (Å²) >= 11 is 0. The summed E-state index contributed by atoms with van der Waals surface area (Å²) in [4.78, 5) is 13.5. The minimum Gasteiger partial charge on any atom is -0.487 e. The highest BCUT2D eigenvalue weighted by Crippen LogP contribution is 2.26. The average molecular weight is 545 g/mol. The van der Waals surface area contributed by atoms with Crippen LogP contribution in [0.25, 0.3) is 28.3 Å². The lowest BCUT2D eigenvalue weighted by molar-refractivity contribution is 0.245. The van der Waals surface area contributed by atoms with Crippen molar-refractivity contribution < 1.29 is 13.5 Å². The van der Waals surface area contributed by atoms with Crippen LogP contribution < -0.4 is 15.4 Å². The molecule has 6 heterocycles. The molecule has 204 valence electrons. The van der Waals surface area contributed by atoms with Gasteiger partial charge in [0.1, 0.15) is 23.9 Å². The topological polar surface area (TPSA) is 157 Å². The molecule has 0 saturated carbocycles. The summed E-state index contributed by atoms with van der Waals surface area (Å²) in [6.07, 6.45) is 4.87. The molecule has 0 atom stereocenters. The maximum Gasteiger partial charge on any atom is 0.225 e. The summed E-state index contributed by atoms with van der Waals surface area (Å²) in [5.74, 6) is 1.34. The lowest BCUT2D eigenvalue weighted by Crippen LogP contribution is -2.47. The Bertz CT molecular complexity index is 1750. The third-order valence-corrected chi connectivity index (χ3v) is 6.95. The van der Waals surface area contributed by atoms with Crippen molar-refractivity contribution in [3.8, 4) is 17.3 Å². The number of aromatic amines is 1. The zero-order valence-electron chi connectivity index (χ0n) is 21.3. The van der Waals surface area contributed by atoms with Gasteiger partial charge in [-0.15, -0.1) is 5.10 Å². The van der Waals surface area contributed by atoms with E-state index in [0.717, 1.165) is 25.0 Å². The Morgan fingerprint density at radius 3 is 2.73 bits per heavy atom. The zero-order valence-corrected chi connectivity index (χ0v) is 21.3. The number of aromatic nitrogens is 9. The van der Waals surface area contributed by atoms with Crippen LogP contribution in [0.15, 0.2) is 53.4 Å². The smallest absolute Gasteiger partial charge is 0.225 e. The van der Waals surface area contributed by atoms with Crippen molar-refractivity contribution >= 4 is 28.3 Å². The average Bonchev–Trinajstić information content (AvgIpc) is 3.78. The van der Waals surface area contributed by atoms with Gasteiger partial charge in [-0.25, -0.2) is 14.1 Å². The van der Waals surface area contributed by atoms with Crippen molar-refractivity contribution in [1.29, 1.82) is 0 Å². The Kier molecular flexibility index (Phi) is 5.96. The largest absolute Gasteiger partial charge is 0.487 e. The van der Waals surface area contributed by atoms with Crippen LogP contribution >= 0.6 is 0 Å².